The Labute approximate surface area is 325 Å². The number of benzene rings is 7. The molecule has 4 aromatic heterocycles. The first-order valence-corrected chi connectivity index (χ1v) is 19.2. The standard InChI is InChI=1S/C49H29N5OS/c1-4-14-30(15-5-1)40-29-41(31-16-6-2-7-17-31)51-49(50-40)39-24-13-22-37-35-27-26-33(28-43(35)56-45(37)39)47-52-46(32-18-8-3-9-19-32)53-48(54-47)38-23-12-21-36-34-20-10-11-25-42(34)55-44(36)38/h1-29H. The number of hydrogen-bond donors (Lipinski definition) is 0. The third kappa shape index (κ3) is 5.52. The number of thiophene rings is 1. The van der Waals surface area contributed by atoms with Gasteiger partial charge in [-0.25, -0.2) is 24.9 Å². The molecule has 0 aliphatic heterocycles. The summed E-state index contributed by atoms with van der Waals surface area (Å²) in [6.45, 7) is 0. The monoisotopic (exact) mass is 735 g/mol. The highest BCUT2D eigenvalue weighted by Crippen LogP contribution is 2.42. The molecule has 56 heavy (non-hydrogen) atoms. The fourth-order valence-electron chi connectivity index (χ4n) is 7.46. The Kier molecular flexibility index (Phi) is 7.57. The van der Waals surface area contributed by atoms with Crippen LogP contribution in [0.1, 0.15) is 0 Å². The maximum absolute atomic E-state index is 6.42. The third-order valence-electron chi connectivity index (χ3n) is 10.2. The summed E-state index contributed by atoms with van der Waals surface area (Å²) in [6, 6.07) is 59.8. The molecule has 0 atom stereocenters. The van der Waals surface area contributed by atoms with Crippen molar-refractivity contribution in [2.45, 2.75) is 0 Å². The van der Waals surface area contributed by atoms with Crippen molar-refractivity contribution in [1.29, 1.82) is 0 Å². The average molecular weight is 736 g/mol. The van der Waals surface area contributed by atoms with Gasteiger partial charge in [0.15, 0.2) is 23.3 Å². The van der Waals surface area contributed by atoms with Gasteiger partial charge in [0.25, 0.3) is 0 Å². The molecule has 262 valence electrons. The molecule has 0 bridgehead atoms. The quantitative estimate of drug-likeness (QED) is 0.169. The Morgan fingerprint density at radius 3 is 1.62 bits per heavy atom. The lowest BCUT2D eigenvalue weighted by molar-refractivity contribution is 0.669. The highest BCUT2D eigenvalue weighted by Gasteiger charge is 2.20. The van der Waals surface area contributed by atoms with Gasteiger partial charge in [0.1, 0.15) is 11.2 Å². The van der Waals surface area contributed by atoms with Crippen LogP contribution in [-0.2, 0) is 0 Å². The van der Waals surface area contributed by atoms with E-state index in [0.29, 0.717) is 23.3 Å². The van der Waals surface area contributed by atoms with Gasteiger partial charge >= 0.3 is 0 Å². The molecule has 7 heteroatoms. The van der Waals surface area contributed by atoms with Crippen LogP contribution in [0.5, 0.6) is 0 Å². The molecule has 0 amide bonds. The summed E-state index contributed by atoms with van der Waals surface area (Å²) < 4.78 is 8.67. The van der Waals surface area contributed by atoms with E-state index < -0.39 is 0 Å². The van der Waals surface area contributed by atoms with Crippen LogP contribution in [0.15, 0.2) is 180 Å². The summed E-state index contributed by atoms with van der Waals surface area (Å²) in [5, 5.41) is 4.40. The van der Waals surface area contributed by atoms with Crippen molar-refractivity contribution in [3.05, 3.63) is 176 Å². The van der Waals surface area contributed by atoms with Crippen LogP contribution in [0.2, 0.25) is 0 Å². The largest absolute Gasteiger partial charge is 0.455 e. The second-order valence-electron chi connectivity index (χ2n) is 13.6. The highest BCUT2D eigenvalue weighted by atomic mass is 32.1. The van der Waals surface area contributed by atoms with Gasteiger partial charge in [-0.2, -0.15) is 0 Å². The Balaban J connectivity index is 1.07. The maximum atomic E-state index is 6.42. The summed E-state index contributed by atoms with van der Waals surface area (Å²) in [7, 11) is 0. The smallest absolute Gasteiger partial charge is 0.167 e. The number of fused-ring (bicyclic) bond motifs is 6. The molecule has 4 heterocycles. The molecular formula is C49H29N5OS. The SMILES string of the molecule is c1ccc(-c2cc(-c3ccccc3)nc(-c3cccc4c3sc3cc(-c5nc(-c6ccccc6)nc(-c6cccc7c6oc6ccccc67)n5)ccc34)n2)cc1. The van der Waals surface area contributed by atoms with Gasteiger partial charge in [0, 0.05) is 58.8 Å². The van der Waals surface area contributed by atoms with E-state index >= 15 is 0 Å². The Hall–Kier alpha value is -7.35. The normalized spacial score (nSPS) is 11.6. The molecule has 6 nitrogen and oxygen atoms in total. The molecule has 0 radical (unpaired) electrons. The Morgan fingerprint density at radius 1 is 0.357 bits per heavy atom. The number of hydrogen-bond acceptors (Lipinski definition) is 7. The van der Waals surface area contributed by atoms with E-state index in [1.54, 1.807) is 11.3 Å². The fourth-order valence-corrected chi connectivity index (χ4v) is 8.71. The van der Waals surface area contributed by atoms with Crippen molar-refractivity contribution in [2.24, 2.45) is 0 Å². The zero-order valence-corrected chi connectivity index (χ0v) is 30.6. The minimum atomic E-state index is 0.557. The van der Waals surface area contributed by atoms with Crippen LogP contribution in [0.25, 0.3) is 110 Å². The summed E-state index contributed by atoms with van der Waals surface area (Å²) in [5.41, 5.74) is 9.07. The molecule has 0 fully saturated rings. The maximum Gasteiger partial charge on any atom is 0.167 e. The number of rotatable bonds is 6. The van der Waals surface area contributed by atoms with Gasteiger partial charge in [-0.15, -0.1) is 11.3 Å². The van der Waals surface area contributed by atoms with E-state index in [9.17, 15) is 0 Å². The number of nitrogens with zero attached hydrogens (tertiary/aromatic N) is 5. The number of para-hydroxylation sites is 2. The Bertz CT molecular complexity index is 3190. The zero-order chi connectivity index (χ0) is 37.0. The Morgan fingerprint density at radius 2 is 0.911 bits per heavy atom. The van der Waals surface area contributed by atoms with Crippen LogP contribution in [0.4, 0.5) is 0 Å². The highest BCUT2D eigenvalue weighted by molar-refractivity contribution is 7.26. The van der Waals surface area contributed by atoms with Gasteiger partial charge < -0.3 is 4.42 Å². The average Bonchev–Trinajstić information content (AvgIpc) is 3.85. The van der Waals surface area contributed by atoms with E-state index in [-0.39, 0.29) is 0 Å². The van der Waals surface area contributed by atoms with Gasteiger partial charge in [-0.1, -0.05) is 146 Å². The number of furan rings is 1. The third-order valence-corrected chi connectivity index (χ3v) is 11.4. The van der Waals surface area contributed by atoms with Crippen LogP contribution in [0.3, 0.4) is 0 Å². The molecule has 0 spiro atoms. The molecule has 0 N–H and O–H groups in total. The minimum Gasteiger partial charge on any atom is -0.455 e. The summed E-state index contributed by atoms with van der Waals surface area (Å²) >= 11 is 1.73. The van der Waals surface area contributed by atoms with E-state index in [2.05, 4.69) is 78.9 Å². The van der Waals surface area contributed by atoms with E-state index in [1.807, 2.05) is 97.1 Å². The molecule has 11 rings (SSSR count). The van der Waals surface area contributed by atoms with Crippen molar-refractivity contribution in [1.82, 2.24) is 24.9 Å². The minimum absolute atomic E-state index is 0.557. The van der Waals surface area contributed by atoms with Crippen molar-refractivity contribution in [3.8, 4) is 68.1 Å². The summed E-state index contributed by atoms with van der Waals surface area (Å²) in [4.78, 5) is 25.5. The predicted molar refractivity (Wildman–Crippen MR) is 228 cm³/mol. The van der Waals surface area contributed by atoms with Crippen LogP contribution in [-0.4, -0.2) is 24.9 Å². The van der Waals surface area contributed by atoms with E-state index in [1.165, 1.54) is 0 Å². The van der Waals surface area contributed by atoms with Crippen LogP contribution in [0, 0.1) is 0 Å². The van der Waals surface area contributed by atoms with Crippen molar-refractivity contribution < 1.29 is 4.42 Å². The first-order valence-electron chi connectivity index (χ1n) is 18.4. The fraction of sp³-hybridized carbons (Fsp3) is 0. The van der Waals surface area contributed by atoms with Gasteiger partial charge in [0.05, 0.1) is 17.0 Å². The molecule has 0 saturated heterocycles. The zero-order valence-electron chi connectivity index (χ0n) is 29.8. The topological polar surface area (TPSA) is 77.6 Å². The van der Waals surface area contributed by atoms with E-state index in [0.717, 1.165) is 86.9 Å². The lowest BCUT2D eigenvalue weighted by Crippen LogP contribution is -2.00. The number of aromatic nitrogens is 5. The molecule has 0 unspecified atom stereocenters. The van der Waals surface area contributed by atoms with Crippen LogP contribution >= 0.6 is 11.3 Å². The molecule has 0 aliphatic carbocycles. The van der Waals surface area contributed by atoms with E-state index in [4.69, 9.17) is 29.3 Å². The van der Waals surface area contributed by atoms with Gasteiger partial charge in [-0.05, 0) is 30.3 Å². The lowest BCUT2D eigenvalue weighted by Gasteiger charge is -2.10. The molecule has 0 aliphatic rings. The molecule has 7 aromatic carbocycles. The second-order valence-corrected chi connectivity index (χ2v) is 14.7. The second kappa shape index (κ2) is 13.2. The summed E-state index contributed by atoms with van der Waals surface area (Å²) in [5.74, 6) is 2.44. The summed E-state index contributed by atoms with van der Waals surface area (Å²) in [6.07, 6.45) is 0. The van der Waals surface area contributed by atoms with Crippen molar-refractivity contribution in [2.75, 3.05) is 0 Å². The molecule has 0 saturated carbocycles. The predicted octanol–water partition coefficient (Wildman–Crippen LogP) is 12.9. The van der Waals surface area contributed by atoms with Crippen molar-refractivity contribution >= 4 is 53.4 Å². The first-order chi connectivity index (χ1) is 27.7. The molecular weight excluding hydrogens is 707 g/mol. The van der Waals surface area contributed by atoms with Crippen molar-refractivity contribution in [3.63, 3.8) is 0 Å². The lowest BCUT2D eigenvalue weighted by atomic mass is 10.0. The van der Waals surface area contributed by atoms with Gasteiger partial charge in [-0.3, -0.25) is 0 Å². The van der Waals surface area contributed by atoms with Gasteiger partial charge in [0.2, 0.25) is 0 Å². The van der Waals surface area contributed by atoms with Crippen LogP contribution < -0.4 is 0 Å². The molecule has 11 aromatic rings. The first kappa shape index (κ1) is 32.1.